The van der Waals surface area contributed by atoms with E-state index in [0.29, 0.717) is 6.04 Å². The molecule has 2 heterocycles. The third-order valence-corrected chi connectivity index (χ3v) is 4.75. The second-order valence-corrected chi connectivity index (χ2v) is 6.25. The lowest BCUT2D eigenvalue weighted by atomic mass is 10.1. The largest absolute Gasteiger partial charge is 0.310 e. The van der Waals surface area contributed by atoms with E-state index in [0.717, 1.165) is 30.1 Å². The maximum Gasteiger partial charge on any atom is 0.124 e. The fourth-order valence-electron chi connectivity index (χ4n) is 3.05. The number of benzene rings is 1. The highest BCUT2D eigenvalue weighted by molar-refractivity contribution is 9.10. The second kappa shape index (κ2) is 6.53. The first-order chi connectivity index (χ1) is 8.70. The lowest BCUT2D eigenvalue weighted by Gasteiger charge is -2.24. The molecule has 0 amide bonds. The minimum absolute atomic E-state index is 0. The zero-order valence-electron chi connectivity index (χ0n) is 10.7. The van der Waals surface area contributed by atoms with Crippen molar-refractivity contribution < 1.29 is 4.39 Å². The van der Waals surface area contributed by atoms with E-state index in [1.165, 1.54) is 24.8 Å². The SMILES string of the molecule is Cl.Fc1ccc(CN2CCC3CCC(C2)N3)c(Br)c1. The number of nitrogens with one attached hydrogen (secondary N) is 1. The van der Waals surface area contributed by atoms with Crippen molar-refractivity contribution in [2.45, 2.75) is 37.9 Å². The number of fused-ring (bicyclic) bond motifs is 2. The van der Waals surface area contributed by atoms with E-state index in [1.807, 2.05) is 6.07 Å². The highest BCUT2D eigenvalue weighted by Crippen LogP contribution is 2.24. The average molecular weight is 350 g/mol. The molecule has 0 saturated carbocycles. The van der Waals surface area contributed by atoms with Crippen LogP contribution >= 0.6 is 28.3 Å². The summed E-state index contributed by atoms with van der Waals surface area (Å²) in [7, 11) is 0. The van der Waals surface area contributed by atoms with Crippen molar-refractivity contribution in [1.29, 1.82) is 0 Å². The van der Waals surface area contributed by atoms with Gasteiger partial charge in [0, 0.05) is 36.2 Å². The molecule has 2 aliphatic heterocycles. The Morgan fingerprint density at radius 1 is 1.26 bits per heavy atom. The molecule has 2 saturated heterocycles. The fraction of sp³-hybridized carbons (Fsp3) is 0.571. The molecule has 1 N–H and O–H groups in total. The number of hydrogen-bond donors (Lipinski definition) is 1. The number of nitrogens with zero attached hydrogens (tertiary/aromatic N) is 1. The summed E-state index contributed by atoms with van der Waals surface area (Å²) in [6, 6.07) is 6.35. The summed E-state index contributed by atoms with van der Waals surface area (Å²) >= 11 is 3.45. The molecule has 2 atom stereocenters. The van der Waals surface area contributed by atoms with Gasteiger partial charge in [-0.05, 0) is 37.0 Å². The summed E-state index contributed by atoms with van der Waals surface area (Å²) < 4.78 is 13.9. The van der Waals surface area contributed by atoms with Crippen LogP contribution in [0.4, 0.5) is 4.39 Å². The maximum absolute atomic E-state index is 13.1. The van der Waals surface area contributed by atoms with Crippen LogP contribution in [0.15, 0.2) is 22.7 Å². The number of hydrogen-bond acceptors (Lipinski definition) is 2. The number of rotatable bonds is 2. The van der Waals surface area contributed by atoms with Gasteiger partial charge in [-0.15, -0.1) is 12.4 Å². The zero-order valence-corrected chi connectivity index (χ0v) is 13.1. The van der Waals surface area contributed by atoms with Gasteiger partial charge in [-0.2, -0.15) is 0 Å². The van der Waals surface area contributed by atoms with Crippen LogP contribution in [0, 0.1) is 5.82 Å². The van der Waals surface area contributed by atoms with Gasteiger partial charge < -0.3 is 5.32 Å². The summed E-state index contributed by atoms with van der Waals surface area (Å²) in [4.78, 5) is 2.48. The van der Waals surface area contributed by atoms with Crippen LogP contribution < -0.4 is 5.32 Å². The highest BCUT2D eigenvalue weighted by Gasteiger charge is 2.29. The van der Waals surface area contributed by atoms with Crippen molar-refractivity contribution in [1.82, 2.24) is 10.2 Å². The maximum atomic E-state index is 13.1. The highest BCUT2D eigenvalue weighted by atomic mass is 79.9. The minimum Gasteiger partial charge on any atom is -0.310 e. The molecular formula is C14H19BrClFN2. The smallest absolute Gasteiger partial charge is 0.124 e. The lowest BCUT2D eigenvalue weighted by molar-refractivity contribution is 0.250. The van der Waals surface area contributed by atoms with Crippen LogP contribution in [0.1, 0.15) is 24.8 Å². The zero-order chi connectivity index (χ0) is 12.5. The predicted molar refractivity (Wildman–Crippen MR) is 81.2 cm³/mol. The third-order valence-electron chi connectivity index (χ3n) is 4.02. The Labute approximate surface area is 128 Å². The molecule has 3 rings (SSSR count). The Bertz CT molecular complexity index is 443. The third kappa shape index (κ3) is 3.69. The Kier molecular flexibility index (Phi) is 5.23. The van der Waals surface area contributed by atoms with Gasteiger partial charge in [0.15, 0.2) is 0 Å². The van der Waals surface area contributed by atoms with Crippen LogP contribution in [0.3, 0.4) is 0 Å². The summed E-state index contributed by atoms with van der Waals surface area (Å²) in [6.07, 6.45) is 3.86. The van der Waals surface area contributed by atoms with Crippen molar-refractivity contribution in [3.8, 4) is 0 Å². The van der Waals surface area contributed by atoms with Crippen molar-refractivity contribution in [3.05, 3.63) is 34.1 Å². The van der Waals surface area contributed by atoms with Gasteiger partial charge in [0.1, 0.15) is 5.82 Å². The van der Waals surface area contributed by atoms with E-state index in [4.69, 9.17) is 0 Å². The summed E-state index contributed by atoms with van der Waals surface area (Å²) in [5.41, 5.74) is 1.18. The molecule has 0 radical (unpaired) electrons. The summed E-state index contributed by atoms with van der Waals surface area (Å²) in [6.45, 7) is 3.16. The van der Waals surface area contributed by atoms with Gasteiger partial charge in [0.2, 0.25) is 0 Å². The average Bonchev–Trinajstić information content (AvgIpc) is 2.66. The van der Waals surface area contributed by atoms with E-state index in [9.17, 15) is 4.39 Å². The van der Waals surface area contributed by atoms with Gasteiger partial charge in [-0.3, -0.25) is 4.90 Å². The first-order valence-corrected chi connectivity index (χ1v) is 7.42. The quantitative estimate of drug-likeness (QED) is 0.881. The Morgan fingerprint density at radius 2 is 2.05 bits per heavy atom. The molecule has 106 valence electrons. The van der Waals surface area contributed by atoms with E-state index in [1.54, 1.807) is 12.1 Å². The molecule has 1 aromatic carbocycles. The van der Waals surface area contributed by atoms with Gasteiger partial charge in [-0.1, -0.05) is 22.0 Å². The van der Waals surface area contributed by atoms with Crippen LogP contribution in [0.2, 0.25) is 0 Å². The summed E-state index contributed by atoms with van der Waals surface area (Å²) in [5.74, 6) is -0.179. The van der Waals surface area contributed by atoms with E-state index in [2.05, 4.69) is 26.1 Å². The van der Waals surface area contributed by atoms with Gasteiger partial charge >= 0.3 is 0 Å². The van der Waals surface area contributed by atoms with Gasteiger partial charge in [0.25, 0.3) is 0 Å². The molecule has 2 bridgehead atoms. The van der Waals surface area contributed by atoms with Crippen LogP contribution in [-0.4, -0.2) is 30.1 Å². The van der Waals surface area contributed by atoms with Gasteiger partial charge in [0.05, 0.1) is 0 Å². The Hall–Kier alpha value is -0.160. The van der Waals surface area contributed by atoms with E-state index >= 15 is 0 Å². The molecule has 2 fully saturated rings. The monoisotopic (exact) mass is 348 g/mol. The van der Waals surface area contributed by atoms with Crippen LogP contribution in [-0.2, 0) is 6.54 Å². The molecule has 5 heteroatoms. The van der Waals surface area contributed by atoms with Crippen LogP contribution in [0.5, 0.6) is 0 Å². The van der Waals surface area contributed by atoms with Gasteiger partial charge in [-0.25, -0.2) is 4.39 Å². The molecule has 0 aromatic heterocycles. The number of halogens is 3. The fourth-order valence-corrected chi connectivity index (χ4v) is 3.53. The first kappa shape index (κ1) is 15.2. The molecule has 19 heavy (non-hydrogen) atoms. The van der Waals surface area contributed by atoms with Crippen molar-refractivity contribution in [2.75, 3.05) is 13.1 Å². The molecule has 2 aliphatic rings. The van der Waals surface area contributed by atoms with E-state index in [-0.39, 0.29) is 18.2 Å². The van der Waals surface area contributed by atoms with Crippen molar-refractivity contribution in [3.63, 3.8) is 0 Å². The Morgan fingerprint density at radius 3 is 2.84 bits per heavy atom. The minimum atomic E-state index is -0.179. The normalized spacial score (nSPS) is 26.8. The first-order valence-electron chi connectivity index (χ1n) is 6.63. The molecule has 0 aliphatic carbocycles. The van der Waals surface area contributed by atoms with E-state index < -0.39 is 0 Å². The molecule has 0 spiro atoms. The lowest BCUT2D eigenvalue weighted by Crippen LogP contribution is -2.35. The predicted octanol–water partition coefficient (Wildman–Crippen LogP) is 3.34. The summed E-state index contributed by atoms with van der Waals surface area (Å²) in [5, 5.41) is 3.68. The standard InChI is InChI=1S/C14H18BrFN2.ClH/c15-14-7-11(16)2-1-10(14)8-18-6-5-12-3-4-13(9-18)17-12;/h1-2,7,12-13,17H,3-6,8-9H2;1H. The number of likely N-dealkylation sites (tertiary alicyclic amines) is 1. The van der Waals surface area contributed by atoms with Crippen molar-refractivity contribution >= 4 is 28.3 Å². The molecule has 1 aromatic rings. The second-order valence-electron chi connectivity index (χ2n) is 5.40. The van der Waals surface area contributed by atoms with Crippen molar-refractivity contribution in [2.24, 2.45) is 0 Å². The molecule has 2 unspecified atom stereocenters. The molecule has 2 nitrogen and oxygen atoms in total. The topological polar surface area (TPSA) is 15.3 Å². The van der Waals surface area contributed by atoms with Crippen LogP contribution in [0.25, 0.3) is 0 Å². The Balaban J connectivity index is 0.00000133. The molecular weight excluding hydrogens is 331 g/mol.